The molecule has 1 aliphatic rings. The zero-order chi connectivity index (χ0) is 37.1. The summed E-state index contributed by atoms with van der Waals surface area (Å²) in [6, 6.07) is 14.5. The molecule has 3 N–H and O–H groups in total. The third-order valence-corrected chi connectivity index (χ3v) is 10.8. The van der Waals surface area contributed by atoms with E-state index in [1.807, 2.05) is 32.0 Å². The van der Waals surface area contributed by atoms with Gasteiger partial charge in [-0.2, -0.15) is 0 Å². The summed E-state index contributed by atoms with van der Waals surface area (Å²) in [5.74, 6) is -0.198. The van der Waals surface area contributed by atoms with Crippen molar-refractivity contribution in [3.05, 3.63) is 93.5 Å². The van der Waals surface area contributed by atoms with Gasteiger partial charge in [-0.1, -0.05) is 25.1 Å². The number of aromatic nitrogens is 2. The van der Waals surface area contributed by atoms with Crippen molar-refractivity contribution >= 4 is 50.6 Å². The molecule has 14 heteroatoms. The van der Waals surface area contributed by atoms with Gasteiger partial charge in [-0.15, -0.1) is 0 Å². The molecule has 270 valence electrons. The van der Waals surface area contributed by atoms with Crippen LogP contribution in [0, 0.1) is 6.92 Å². The zero-order valence-corrected chi connectivity index (χ0v) is 30.3. The Balaban J connectivity index is 1.23. The van der Waals surface area contributed by atoms with Gasteiger partial charge in [0.15, 0.2) is 9.84 Å². The molecule has 0 saturated heterocycles. The van der Waals surface area contributed by atoms with Gasteiger partial charge in [-0.3, -0.25) is 10.1 Å². The number of ether oxygens (including phenoxy) is 2. The summed E-state index contributed by atoms with van der Waals surface area (Å²) in [6.07, 6.45) is 1.96. The molecule has 2 atom stereocenters. The normalized spacial score (nSPS) is 14.3. The van der Waals surface area contributed by atoms with Gasteiger partial charge in [0.1, 0.15) is 17.9 Å². The second-order valence-corrected chi connectivity index (χ2v) is 16.1. The van der Waals surface area contributed by atoms with Crippen molar-refractivity contribution in [1.82, 2.24) is 14.9 Å². The number of rotatable bonds is 12. The van der Waals surface area contributed by atoms with Crippen LogP contribution in [0.2, 0.25) is 0 Å². The predicted molar refractivity (Wildman–Crippen MR) is 194 cm³/mol. The summed E-state index contributed by atoms with van der Waals surface area (Å²) >= 11 is 0. The summed E-state index contributed by atoms with van der Waals surface area (Å²) in [5.41, 5.74) is 3.33. The van der Waals surface area contributed by atoms with Crippen LogP contribution in [0.1, 0.15) is 74.8 Å². The monoisotopic (exact) mass is 717 g/mol. The third-order valence-electron chi connectivity index (χ3n) is 8.44. The fourth-order valence-electron chi connectivity index (χ4n) is 5.70. The molecule has 1 fully saturated rings. The van der Waals surface area contributed by atoms with Crippen molar-refractivity contribution in [3.63, 3.8) is 0 Å². The molecule has 51 heavy (non-hydrogen) atoms. The summed E-state index contributed by atoms with van der Waals surface area (Å²) in [6.45, 7) is 9.05. The van der Waals surface area contributed by atoms with Gasteiger partial charge >= 0.3 is 12.2 Å². The first-order valence-corrected chi connectivity index (χ1v) is 18.1. The predicted octanol–water partition coefficient (Wildman–Crippen LogP) is 6.24. The number of aldehydes is 1. The summed E-state index contributed by atoms with van der Waals surface area (Å²) in [7, 11) is -2.08. The minimum Gasteiger partial charge on any atom is -0.449 e. The van der Waals surface area contributed by atoms with E-state index in [-0.39, 0.29) is 29.5 Å². The van der Waals surface area contributed by atoms with Gasteiger partial charge in [0.2, 0.25) is 0 Å². The lowest BCUT2D eigenvalue weighted by Crippen LogP contribution is -2.34. The Bertz CT molecular complexity index is 2120. The highest BCUT2D eigenvalue weighted by Crippen LogP contribution is 2.36. The van der Waals surface area contributed by atoms with Crippen LogP contribution in [0.4, 0.5) is 21.0 Å². The number of sulfone groups is 1. The van der Waals surface area contributed by atoms with E-state index in [4.69, 9.17) is 9.47 Å². The van der Waals surface area contributed by atoms with Crippen LogP contribution >= 0.6 is 0 Å². The van der Waals surface area contributed by atoms with Gasteiger partial charge in [0.25, 0.3) is 5.56 Å². The van der Waals surface area contributed by atoms with Crippen molar-refractivity contribution in [2.45, 2.75) is 81.7 Å². The van der Waals surface area contributed by atoms with Gasteiger partial charge in [0, 0.05) is 24.3 Å². The second-order valence-electron chi connectivity index (χ2n) is 13.9. The molecule has 1 aliphatic carbocycles. The Morgan fingerprint density at radius 1 is 1.08 bits per heavy atom. The number of hydrogen-bond acceptors (Lipinski definition) is 10. The van der Waals surface area contributed by atoms with Crippen molar-refractivity contribution in [2.75, 3.05) is 24.3 Å². The molecule has 1 unspecified atom stereocenters. The van der Waals surface area contributed by atoms with Crippen LogP contribution in [0.5, 0.6) is 0 Å². The van der Waals surface area contributed by atoms with Crippen LogP contribution in [0.25, 0.3) is 10.9 Å². The number of carbonyl (C=O) groups is 3. The average Bonchev–Trinajstić information content (AvgIpc) is 3.92. The highest BCUT2D eigenvalue weighted by molar-refractivity contribution is 7.92. The number of aryl methyl sites for hydroxylation is 1. The van der Waals surface area contributed by atoms with E-state index in [1.54, 1.807) is 39.0 Å². The lowest BCUT2D eigenvalue weighted by molar-refractivity contribution is -0.108. The first-order valence-electron chi connectivity index (χ1n) is 16.6. The maximum Gasteiger partial charge on any atom is 0.411 e. The number of fused-ring (bicyclic) bond motifs is 1. The fourth-order valence-corrected chi connectivity index (χ4v) is 7.56. The Hall–Kier alpha value is -5.24. The minimum atomic E-state index is -3.60. The van der Waals surface area contributed by atoms with Crippen LogP contribution in [0.15, 0.2) is 70.6 Å². The lowest BCUT2D eigenvalue weighted by Gasteiger charge is -2.25. The zero-order valence-electron chi connectivity index (χ0n) is 29.5. The number of amides is 2. The molecule has 0 spiro atoms. The van der Waals surface area contributed by atoms with Gasteiger partial charge in [-0.05, 0) is 99.2 Å². The molecule has 4 aromatic rings. The van der Waals surface area contributed by atoms with Gasteiger partial charge in [0.05, 0.1) is 40.5 Å². The third kappa shape index (κ3) is 9.11. The molecule has 2 amide bonds. The van der Waals surface area contributed by atoms with Crippen LogP contribution in [-0.2, 0) is 30.7 Å². The topological polar surface area (TPSA) is 177 Å². The summed E-state index contributed by atoms with van der Waals surface area (Å²) in [5, 5.41) is 5.79. The number of nitrogens with zero attached hydrogens (tertiary/aromatic N) is 2. The van der Waals surface area contributed by atoms with Crippen molar-refractivity contribution in [3.8, 4) is 0 Å². The van der Waals surface area contributed by atoms with Crippen LogP contribution in [-0.4, -0.2) is 66.3 Å². The number of H-pyrrole nitrogens is 1. The Morgan fingerprint density at radius 3 is 2.47 bits per heavy atom. The SMILES string of the molecule is Cc1cc(C(C=O)Nc2ccc3nc[nH]c(=O)c3c2)ccc1[C@@H](C)COC(=O)Nc1ccc(S(=O)(=O)C2CC2)c(CN(C)C(=O)OC(C)(C)C)c1. The molecule has 0 bridgehead atoms. The highest BCUT2D eigenvalue weighted by atomic mass is 32.2. The Labute approximate surface area is 296 Å². The quantitative estimate of drug-likeness (QED) is 0.142. The first-order chi connectivity index (χ1) is 24.0. The number of hydrogen-bond donors (Lipinski definition) is 3. The molecule has 5 rings (SSSR count). The molecular formula is C37H43N5O8S. The van der Waals surface area contributed by atoms with E-state index in [9.17, 15) is 27.6 Å². The molecule has 1 heterocycles. The molecule has 13 nitrogen and oxygen atoms in total. The maximum absolute atomic E-state index is 13.2. The highest BCUT2D eigenvalue weighted by Gasteiger charge is 2.38. The van der Waals surface area contributed by atoms with E-state index < -0.39 is 38.9 Å². The average molecular weight is 718 g/mol. The van der Waals surface area contributed by atoms with E-state index in [0.717, 1.165) is 23.0 Å². The minimum absolute atomic E-state index is 0.0451. The fraction of sp³-hybridized carbons (Fsp3) is 0.378. The Kier molecular flexibility index (Phi) is 10.8. The molecule has 1 saturated carbocycles. The lowest BCUT2D eigenvalue weighted by atomic mass is 9.93. The van der Waals surface area contributed by atoms with Crippen molar-refractivity contribution in [2.24, 2.45) is 0 Å². The number of nitrogens with one attached hydrogen (secondary N) is 3. The number of anilines is 2. The number of benzene rings is 3. The van der Waals surface area contributed by atoms with Crippen molar-refractivity contribution in [1.29, 1.82) is 0 Å². The van der Waals surface area contributed by atoms with E-state index in [2.05, 4.69) is 20.6 Å². The molecular weight excluding hydrogens is 675 g/mol. The van der Waals surface area contributed by atoms with E-state index in [1.165, 1.54) is 36.5 Å². The largest absolute Gasteiger partial charge is 0.449 e. The van der Waals surface area contributed by atoms with Crippen LogP contribution in [0.3, 0.4) is 0 Å². The number of carbonyl (C=O) groups excluding carboxylic acids is 3. The van der Waals surface area contributed by atoms with E-state index >= 15 is 0 Å². The molecule has 1 aromatic heterocycles. The molecule has 3 aromatic carbocycles. The summed E-state index contributed by atoms with van der Waals surface area (Å²) in [4.78, 5) is 57.9. The second kappa shape index (κ2) is 14.9. The smallest absolute Gasteiger partial charge is 0.411 e. The number of aromatic amines is 1. The van der Waals surface area contributed by atoms with Crippen LogP contribution < -0.4 is 16.2 Å². The molecule has 0 radical (unpaired) electrons. The van der Waals surface area contributed by atoms with Gasteiger partial charge in [-0.25, -0.2) is 23.0 Å². The summed E-state index contributed by atoms with van der Waals surface area (Å²) < 4.78 is 37.4. The van der Waals surface area contributed by atoms with Gasteiger partial charge < -0.3 is 29.5 Å². The maximum atomic E-state index is 13.2. The van der Waals surface area contributed by atoms with Crippen molar-refractivity contribution < 1.29 is 32.3 Å². The molecule has 0 aliphatic heterocycles. The standard InChI is InChI=1S/C37H43N5O8S/c1-22-15-24(32(19-43)40-27-8-13-31-30(17-27)34(44)39-21-38-31)7-12-29(22)23(2)20-49-35(45)41-26-9-14-33(51(47,48)28-10-11-28)25(16-26)18-42(6)36(46)50-37(3,4)5/h7-9,12-17,19,21,23,28,32,40H,10-11,18,20H2,1-6H3,(H,41,45)(H,38,39,44)/t23-,32?/m0/s1. The first kappa shape index (κ1) is 37.0. The van der Waals surface area contributed by atoms with E-state index in [0.29, 0.717) is 40.7 Å². The Morgan fingerprint density at radius 2 is 1.80 bits per heavy atom.